The fraction of sp³-hybridized carbons (Fsp3) is 0.350. The van der Waals surface area contributed by atoms with Crippen molar-refractivity contribution in [1.82, 2.24) is 9.88 Å². The largest absolute Gasteiger partial charge is 0.393 e. The fourth-order valence-corrected chi connectivity index (χ4v) is 3.19. The summed E-state index contributed by atoms with van der Waals surface area (Å²) in [6, 6.07) is 4.57. The number of likely N-dealkylation sites (tertiary alicyclic amines) is 1. The van der Waals surface area contributed by atoms with Gasteiger partial charge in [-0.25, -0.2) is 9.37 Å². The van der Waals surface area contributed by atoms with Gasteiger partial charge in [0, 0.05) is 36.1 Å². The molecule has 6 nitrogen and oxygen atoms in total. The summed E-state index contributed by atoms with van der Waals surface area (Å²) in [5.74, 6) is -8.87. The van der Waals surface area contributed by atoms with Gasteiger partial charge < -0.3 is 15.3 Å². The molecule has 1 aromatic carbocycles. The number of pyridine rings is 1. The van der Waals surface area contributed by atoms with Crippen LogP contribution in [0, 0.1) is 18.7 Å². The zero-order chi connectivity index (χ0) is 22.1. The Bertz CT molecular complexity index is 956. The number of benzene rings is 1. The van der Waals surface area contributed by atoms with E-state index in [1.807, 2.05) is 0 Å². The number of carbonyl (C=O) groups excluding carboxylic acids is 2. The number of alkyl halides is 2. The number of piperidine rings is 1. The minimum absolute atomic E-state index is 0.0468. The highest BCUT2D eigenvalue weighted by Gasteiger charge is 2.46. The number of aryl methyl sites for hydroxylation is 1. The highest BCUT2D eigenvalue weighted by atomic mass is 19.3. The molecule has 2 amide bonds. The Kier molecular flexibility index (Phi) is 6.06. The Balaban J connectivity index is 1.84. The monoisotopic (exact) mass is 425 g/mol. The van der Waals surface area contributed by atoms with Crippen molar-refractivity contribution < 1.29 is 32.3 Å². The zero-order valence-electron chi connectivity index (χ0n) is 16.0. The number of aliphatic hydroxyl groups excluding tert-OH is 1. The first-order chi connectivity index (χ1) is 14.1. The second kappa shape index (κ2) is 8.39. The van der Waals surface area contributed by atoms with Crippen molar-refractivity contribution in [2.24, 2.45) is 0 Å². The van der Waals surface area contributed by atoms with E-state index in [1.54, 1.807) is 0 Å². The molecule has 2 heterocycles. The Morgan fingerprint density at radius 3 is 2.47 bits per heavy atom. The number of halogens is 4. The standard InChI is InChI=1S/C20H19F4N3O3/c1-11-8-13(10-17(22)25-11)26-18(29)12-2-3-16(21)15(9-12)20(23,24)19(30)27-6-4-14(28)5-7-27/h2-3,8-10,14,28H,4-7H2,1H3,(H,25,26,29). The van der Waals surface area contributed by atoms with Gasteiger partial charge in [-0.1, -0.05) is 0 Å². The van der Waals surface area contributed by atoms with Gasteiger partial charge in [-0.05, 0) is 44.0 Å². The molecule has 0 atom stereocenters. The topological polar surface area (TPSA) is 82.5 Å². The smallest absolute Gasteiger partial charge is 0.352 e. The predicted octanol–water partition coefficient (Wildman–Crippen LogP) is 3.00. The third kappa shape index (κ3) is 4.59. The number of amides is 2. The van der Waals surface area contributed by atoms with Crippen molar-refractivity contribution in [3.05, 3.63) is 58.9 Å². The Labute approximate surface area is 169 Å². The fourth-order valence-electron chi connectivity index (χ4n) is 3.19. The SMILES string of the molecule is Cc1cc(NC(=O)c2ccc(F)c(C(F)(F)C(=O)N3CCC(O)CC3)c2)cc(F)n1. The molecule has 10 heteroatoms. The van der Waals surface area contributed by atoms with Crippen LogP contribution in [0.25, 0.3) is 0 Å². The van der Waals surface area contributed by atoms with E-state index in [4.69, 9.17) is 0 Å². The Morgan fingerprint density at radius 1 is 1.17 bits per heavy atom. The van der Waals surface area contributed by atoms with E-state index < -0.39 is 41.2 Å². The van der Waals surface area contributed by atoms with Crippen molar-refractivity contribution >= 4 is 17.5 Å². The van der Waals surface area contributed by atoms with E-state index in [9.17, 15) is 32.3 Å². The number of hydrogen-bond acceptors (Lipinski definition) is 4. The first-order valence-corrected chi connectivity index (χ1v) is 9.18. The molecule has 1 aromatic heterocycles. The number of nitrogens with one attached hydrogen (secondary N) is 1. The number of nitrogens with zero attached hydrogens (tertiary/aromatic N) is 2. The van der Waals surface area contributed by atoms with Crippen LogP contribution in [-0.4, -0.2) is 46.0 Å². The minimum Gasteiger partial charge on any atom is -0.393 e. The van der Waals surface area contributed by atoms with Crippen LogP contribution in [0.4, 0.5) is 23.2 Å². The lowest BCUT2D eigenvalue weighted by molar-refractivity contribution is -0.161. The van der Waals surface area contributed by atoms with Crippen LogP contribution in [0.5, 0.6) is 0 Å². The molecule has 0 saturated carbocycles. The molecule has 2 N–H and O–H groups in total. The molecule has 2 aromatic rings. The molecule has 0 spiro atoms. The number of hydrogen-bond donors (Lipinski definition) is 2. The maximum absolute atomic E-state index is 14.8. The number of carbonyl (C=O) groups is 2. The van der Waals surface area contributed by atoms with Crippen molar-refractivity contribution in [3.63, 3.8) is 0 Å². The molecular formula is C20H19F4N3O3. The average Bonchev–Trinajstić information content (AvgIpc) is 2.67. The van der Waals surface area contributed by atoms with Crippen LogP contribution in [-0.2, 0) is 10.7 Å². The highest BCUT2D eigenvalue weighted by Crippen LogP contribution is 2.34. The summed E-state index contributed by atoms with van der Waals surface area (Å²) in [5.41, 5.74) is -1.23. The number of anilines is 1. The molecule has 1 fully saturated rings. The van der Waals surface area contributed by atoms with Crippen molar-refractivity contribution in [3.8, 4) is 0 Å². The molecule has 0 radical (unpaired) electrons. The molecule has 30 heavy (non-hydrogen) atoms. The van der Waals surface area contributed by atoms with Gasteiger partial charge in [0.2, 0.25) is 5.95 Å². The summed E-state index contributed by atoms with van der Waals surface area (Å²) in [6.45, 7) is 1.34. The first kappa shape index (κ1) is 21.7. The van der Waals surface area contributed by atoms with Gasteiger partial charge in [-0.3, -0.25) is 9.59 Å². The van der Waals surface area contributed by atoms with Crippen LogP contribution in [0.3, 0.4) is 0 Å². The third-order valence-corrected chi connectivity index (χ3v) is 4.77. The lowest BCUT2D eigenvalue weighted by Gasteiger charge is -2.32. The van der Waals surface area contributed by atoms with Crippen LogP contribution in [0.15, 0.2) is 30.3 Å². The lowest BCUT2D eigenvalue weighted by Crippen LogP contribution is -2.47. The van der Waals surface area contributed by atoms with Crippen molar-refractivity contribution in [1.29, 1.82) is 0 Å². The van der Waals surface area contributed by atoms with E-state index in [2.05, 4.69) is 10.3 Å². The zero-order valence-corrected chi connectivity index (χ0v) is 16.0. The van der Waals surface area contributed by atoms with E-state index in [-0.39, 0.29) is 42.9 Å². The van der Waals surface area contributed by atoms with Crippen LogP contribution in [0.1, 0.15) is 34.5 Å². The van der Waals surface area contributed by atoms with E-state index in [1.165, 1.54) is 13.0 Å². The van der Waals surface area contributed by atoms with E-state index in [0.717, 1.165) is 17.0 Å². The summed E-state index contributed by atoms with van der Waals surface area (Å²) in [6.07, 6.45) is -0.378. The highest BCUT2D eigenvalue weighted by molar-refractivity contribution is 6.04. The van der Waals surface area contributed by atoms with Gasteiger partial charge in [-0.15, -0.1) is 0 Å². The summed E-state index contributed by atoms with van der Waals surface area (Å²) >= 11 is 0. The molecule has 1 saturated heterocycles. The van der Waals surface area contributed by atoms with Crippen molar-refractivity contribution in [2.45, 2.75) is 31.8 Å². The molecule has 0 bridgehead atoms. The quantitative estimate of drug-likeness (QED) is 0.583. The molecule has 1 aliphatic rings. The summed E-state index contributed by atoms with van der Waals surface area (Å²) < 4.78 is 57.1. The maximum Gasteiger partial charge on any atom is 0.352 e. The summed E-state index contributed by atoms with van der Waals surface area (Å²) in [4.78, 5) is 29.1. The lowest BCUT2D eigenvalue weighted by atomic mass is 10.0. The third-order valence-electron chi connectivity index (χ3n) is 4.77. The van der Waals surface area contributed by atoms with Gasteiger partial charge in [-0.2, -0.15) is 13.2 Å². The van der Waals surface area contributed by atoms with Crippen molar-refractivity contribution in [2.75, 3.05) is 18.4 Å². The van der Waals surface area contributed by atoms with Crippen LogP contribution < -0.4 is 5.32 Å². The normalized spacial score (nSPS) is 15.2. The summed E-state index contributed by atoms with van der Waals surface area (Å²) in [7, 11) is 0. The first-order valence-electron chi connectivity index (χ1n) is 9.18. The van der Waals surface area contributed by atoms with Gasteiger partial charge in [0.15, 0.2) is 0 Å². The predicted molar refractivity (Wildman–Crippen MR) is 99.0 cm³/mol. The molecule has 0 aliphatic carbocycles. The second-order valence-electron chi connectivity index (χ2n) is 7.07. The van der Waals surface area contributed by atoms with Gasteiger partial charge in [0.25, 0.3) is 11.8 Å². The summed E-state index contributed by atoms with van der Waals surface area (Å²) in [5, 5.41) is 11.8. The number of aliphatic hydroxyl groups is 1. The van der Waals surface area contributed by atoms with Gasteiger partial charge >= 0.3 is 5.92 Å². The molecular weight excluding hydrogens is 406 g/mol. The molecule has 3 rings (SSSR count). The molecule has 160 valence electrons. The number of rotatable bonds is 4. The minimum atomic E-state index is -4.21. The molecule has 0 unspecified atom stereocenters. The van der Waals surface area contributed by atoms with Gasteiger partial charge in [0.05, 0.1) is 11.7 Å². The van der Waals surface area contributed by atoms with Gasteiger partial charge in [0.1, 0.15) is 5.82 Å². The van der Waals surface area contributed by atoms with Crippen LogP contribution in [0.2, 0.25) is 0 Å². The van der Waals surface area contributed by atoms with E-state index >= 15 is 0 Å². The Morgan fingerprint density at radius 2 is 1.83 bits per heavy atom. The molecule has 1 aliphatic heterocycles. The van der Waals surface area contributed by atoms with E-state index in [0.29, 0.717) is 12.1 Å². The Hall–Kier alpha value is -3.01. The number of aromatic nitrogens is 1. The second-order valence-corrected chi connectivity index (χ2v) is 7.07. The van der Waals surface area contributed by atoms with Crippen LogP contribution >= 0.6 is 0 Å². The average molecular weight is 425 g/mol. The maximum atomic E-state index is 14.8.